The van der Waals surface area contributed by atoms with Crippen molar-refractivity contribution in [1.82, 2.24) is 4.57 Å². The minimum absolute atomic E-state index is 0.0581. The molecule has 0 heterocycles. The van der Waals surface area contributed by atoms with E-state index in [0.29, 0.717) is 5.92 Å². The molecule has 4 heteroatoms. The summed E-state index contributed by atoms with van der Waals surface area (Å²) >= 11 is 0. The monoisotopic (exact) mass is 247 g/mol. The summed E-state index contributed by atoms with van der Waals surface area (Å²) in [6.07, 6.45) is 0. The molecule has 98 valence electrons. The predicted octanol–water partition coefficient (Wildman–Crippen LogP) is 3.00. The topological polar surface area (TPSA) is 21.7 Å². The minimum atomic E-state index is -2.33. The third-order valence-corrected chi connectivity index (χ3v) is 8.77. The van der Waals surface area contributed by atoms with Crippen LogP contribution in [0.1, 0.15) is 41.5 Å². The lowest BCUT2D eigenvalue weighted by Crippen LogP contribution is -2.65. The Morgan fingerprint density at radius 1 is 1.06 bits per heavy atom. The zero-order valence-corrected chi connectivity index (χ0v) is 13.3. The van der Waals surface area contributed by atoms with Gasteiger partial charge >= 0.3 is 8.72 Å². The van der Waals surface area contributed by atoms with Crippen LogP contribution in [0.2, 0.25) is 5.04 Å². The first-order chi connectivity index (χ1) is 7.33. The van der Waals surface area contributed by atoms with E-state index in [9.17, 15) is 0 Å². The van der Waals surface area contributed by atoms with Crippen LogP contribution in [0.5, 0.6) is 0 Å². The molecular weight excluding hydrogens is 218 g/mol. The summed E-state index contributed by atoms with van der Waals surface area (Å²) in [7, 11) is 1.25. The smallest absolute Gasteiger partial charge is 0.386 e. The van der Waals surface area contributed by atoms with Gasteiger partial charge in [-0.1, -0.05) is 41.5 Å². The second-order valence-electron chi connectivity index (χ2n) is 5.04. The zero-order valence-electron chi connectivity index (χ0n) is 12.3. The molecule has 0 fully saturated rings. The van der Waals surface area contributed by atoms with Crippen LogP contribution < -0.4 is 0 Å². The van der Waals surface area contributed by atoms with Crippen molar-refractivity contribution in [2.24, 2.45) is 5.92 Å². The highest BCUT2D eigenvalue weighted by Crippen LogP contribution is 2.46. The lowest BCUT2D eigenvalue weighted by molar-refractivity contribution is 0.125. The van der Waals surface area contributed by atoms with Crippen molar-refractivity contribution in [3.8, 4) is 0 Å². The second kappa shape index (κ2) is 6.14. The SMILES string of the molecule is CCN(CC)[Si](OC)(OC)C(C)(C)C(C)C. The molecule has 3 nitrogen and oxygen atoms in total. The Labute approximate surface area is 102 Å². The molecule has 0 N–H and O–H groups in total. The first kappa shape index (κ1) is 16.1. The molecule has 0 atom stereocenters. The van der Waals surface area contributed by atoms with Gasteiger partial charge in [-0.2, -0.15) is 0 Å². The Hall–Kier alpha value is 0.0969. The van der Waals surface area contributed by atoms with Crippen molar-refractivity contribution >= 4 is 8.72 Å². The summed E-state index contributed by atoms with van der Waals surface area (Å²) in [5, 5.41) is 0.0581. The van der Waals surface area contributed by atoms with Gasteiger partial charge in [0.15, 0.2) is 0 Å². The lowest BCUT2D eigenvalue weighted by atomic mass is 9.99. The standard InChI is InChI=1S/C12H29NO2Si/c1-9-13(10-2)16(14-7,15-8)12(5,6)11(3)4/h11H,9-10H2,1-8H3. The second-order valence-corrected chi connectivity index (χ2v) is 8.94. The molecule has 0 aliphatic heterocycles. The molecule has 0 aromatic carbocycles. The summed E-state index contributed by atoms with van der Waals surface area (Å²) in [5.74, 6) is 0.527. The molecule has 0 bridgehead atoms. The fourth-order valence-electron chi connectivity index (χ4n) is 2.28. The first-order valence-electron chi connectivity index (χ1n) is 6.19. The van der Waals surface area contributed by atoms with Crippen LogP contribution in [-0.2, 0) is 8.85 Å². The highest BCUT2D eigenvalue weighted by molar-refractivity contribution is 6.67. The van der Waals surface area contributed by atoms with E-state index in [0.717, 1.165) is 13.1 Å². The van der Waals surface area contributed by atoms with Crippen LogP contribution in [0, 0.1) is 5.92 Å². The highest BCUT2D eigenvalue weighted by Gasteiger charge is 2.56. The van der Waals surface area contributed by atoms with Crippen LogP contribution in [0.15, 0.2) is 0 Å². The Balaban J connectivity index is 5.39. The van der Waals surface area contributed by atoms with E-state index < -0.39 is 8.72 Å². The minimum Gasteiger partial charge on any atom is -0.386 e. The van der Waals surface area contributed by atoms with Gasteiger partial charge in [-0.25, -0.2) is 0 Å². The third-order valence-electron chi connectivity index (χ3n) is 3.99. The molecule has 0 aliphatic rings. The van der Waals surface area contributed by atoms with Gasteiger partial charge in [-0.15, -0.1) is 0 Å². The summed E-state index contributed by atoms with van der Waals surface area (Å²) in [4.78, 5) is 0. The Morgan fingerprint density at radius 3 is 1.62 bits per heavy atom. The van der Waals surface area contributed by atoms with E-state index in [1.807, 2.05) is 0 Å². The molecular formula is C12H29NO2Si. The van der Waals surface area contributed by atoms with Gasteiger partial charge in [-0.05, 0) is 19.0 Å². The lowest BCUT2D eigenvalue weighted by Gasteiger charge is -2.48. The van der Waals surface area contributed by atoms with E-state index in [1.165, 1.54) is 0 Å². The van der Waals surface area contributed by atoms with Crippen molar-refractivity contribution in [1.29, 1.82) is 0 Å². The van der Waals surface area contributed by atoms with Gasteiger partial charge in [0, 0.05) is 19.3 Å². The molecule has 0 saturated carbocycles. The fourth-order valence-corrected chi connectivity index (χ4v) is 6.39. The average molecular weight is 247 g/mol. The molecule has 0 radical (unpaired) electrons. The third kappa shape index (κ3) is 2.50. The van der Waals surface area contributed by atoms with Gasteiger partial charge in [0.05, 0.1) is 0 Å². The van der Waals surface area contributed by atoms with Gasteiger partial charge < -0.3 is 8.85 Å². The molecule has 0 aromatic rings. The predicted molar refractivity (Wildman–Crippen MR) is 71.6 cm³/mol. The number of hydrogen-bond acceptors (Lipinski definition) is 3. The number of rotatable bonds is 7. The number of hydrogen-bond donors (Lipinski definition) is 0. The maximum absolute atomic E-state index is 5.90. The van der Waals surface area contributed by atoms with Crippen molar-refractivity contribution in [3.05, 3.63) is 0 Å². The molecule has 0 aromatic heterocycles. The van der Waals surface area contributed by atoms with Crippen LogP contribution in [0.4, 0.5) is 0 Å². The average Bonchev–Trinajstić information content (AvgIpc) is 2.25. The highest BCUT2D eigenvalue weighted by atomic mass is 28.4. The molecule has 16 heavy (non-hydrogen) atoms. The van der Waals surface area contributed by atoms with Gasteiger partial charge in [0.25, 0.3) is 0 Å². The quantitative estimate of drug-likeness (QED) is 0.646. The molecule has 0 spiro atoms. The van der Waals surface area contributed by atoms with Crippen LogP contribution in [0.25, 0.3) is 0 Å². The summed E-state index contributed by atoms with van der Waals surface area (Å²) in [6, 6.07) is 0. The van der Waals surface area contributed by atoms with Crippen LogP contribution in [-0.4, -0.2) is 40.6 Å². The Morgan fingerprint density at radius 2 is 1.44 bits per heavy atom. The van der Waals surface area contributed by atoms with Crippen LogP contribution in [0.3, 0.4) is 0 Å². The molecule has 0 amide bonds. The van der Waals surface area contributed by atoms with E-state index in [-0.39, 0.29) is 5.04 Å². The number of nitrogens with zero attached hydrogens (tertiary/aromatic N) is 1. The van der Waals surface area contributed by atoms with Crippen molar-refractivity contribution < 1.29 is 8.85 Å². The van der Waals surface area contributed by atoms with E-state index in [1.54, 1.807) is 14.2 Å². The summed E-state index contributed by atoms with van der Waals surface area (Å²) in [5.41, 5.74) is 0. The molecule has 0 rings (SSSR count). The molecule has 0 unspecified atom stereocenters. The van der Waals surface area contributed by atoms with E-state index >= 15 is 0 Å². The van der Waals surface area contributed by atoms with E-state index in [2.05, 4.69) is 46.1 Å². The zero-order chi connectivity index (χ0) is 13.0. The Kier molecular flexibility index (Phi) is 6.18. The normalized spacial score (nSPS) is 13.9. The maximum Gasteiger partial charge on any atom is 0.433 e. The van der Waals surface area contributed by atoms with Crippen molar-refractivity contribution in [3.63, 3.8) is 0 Å². The van der Waals surface area contributed by atoms with Crippen molar-refractivity contribution in [2.45, 2.75) is 46.6 Å². The largest absolute Gasteiger partial charge is 0.433 e. The van der Waals surface area contributed by atoms with Crippen LogP contribution >= 0.6 is 0 Å². The maximum atomic E-state index is 5.90. The fraction of sp³-hybridized carbons (Fsp3) is 1.00. The first-order valence-corrected chi connectivity index (χ1v) is 7.95. The van der Waals surface area contributed by atoms with Gasteiger partial charge in [0.1, 0.15) is 0 Å². The Bertz CT molecular complexity index is 199. The van der Waals surface area contributed by atoms with Crippen molar-refractivity contribution in [2.75, 3.05) is 27.3 Å². The summed E-state index contributed by atoms with van der Waals surface area (Å²) in [6.45, 7) is 15.3. The van der Waals surface area contributed by atoms with Gasteiger partial charge in [0.2, 0.25) is 0 Å². The summed E-state index contributed by atoms with van der Waals surface area (Å²) < 4.78 is 14.2. The molecule has 0 saturated heterocycles. The van der Waals surface area contributed by atoms with E-state index in [4.69, 9.17) is 8.85 Å². The van der Waals surface area contributed by atoms with Gasteiger partial charge in [-0.3, -0.25) is 4.57 Å². The molecule has 0 aliphatic carbocycles.